The Hall–Kier alpha value is -0.890. The van der Waals surface area contributed by atoms with Crippen LogP contribution in [0.5, 0.6) is 0 Å². The van der Waals surface area contributed by atoms with Gasteiger partial charge < -0.3 is 5.32 Å². The quantitative estimate of drug-likeness (QED) is 0.870. The van der Waals surface area contributed by atoms with Gasteiger partial charge in [0.05, 0.1) is 0 Å². The summed E-state index contributed by atoms with van der Waals surface area (Å²) in [7, 11) is 0. The maximum Gasteiger partial charge on any atom is 0.0295 e. The van der Waals surface area contributed by atoms with Crippen molar-refractivity contribution < 1.29 is 0 Å². The number of hydrogen-bond acceptors (Lipinski definition) is 2. The van der Waals surface area contributed by atoms with Gasteiger partial charge in [0, 0.05) is 24.5 Å². The van der Waals surface area contributed by atoms with Gasteiger partial charge in [-0.15, -0.1) is 0 Å². The average Bonchev–Trinajstić information content (AvgIpc) is 2.40. The molecule has 1 aromatic heterocycles. The molecule has 2 heteroatoms. The van der Waals surface area contributed by atoms with Crippen LogP contribution in [0.1, 0.15) is 58.1 Å². The molecular weight excluding hydrogens is 220 g/mol. The summed E-state index contributed by atoms with van der Waals surface area (Å²) in [5, 5.41) is 3.84. The van der Waals surface area contributed by atoms with Crippen LogP contribution >= 0.6 is 0 Å². The van der Waals surface area contributed by atoms with E-state index in [2.05, 4.69) is 43.2 Å². The molecule has 1 saturated carbocycles. The molecule has 0 bridgehead atoms. The maximum atomic E-state index is 4.09. The molecule has 0 amide bonds. The van der Waals surface area contributed by atoms with E-state index >= 15 is 0 Å². The molecule has 18 heavy (non-hydrogen) atoms. The van der Waals surface area contributed by atoms with Crippen molar-refractivity contribution in [1.82, 2.24) is 10.3 Å². The number of aromatic nitrogens is 1. The molecule has 0 saturated heterocycles. The van der Waals surface area contributed by atoms with E-state index < -0.39 is 0 Å². The maximum absolute atomic E-state index is 4.09. The first-order valence-electron chi connectivity index (χ1n) is 7.34. The highest BCUT2D eigenvalue weighted by molar-refractivity contribution is 5.14. The Kier molecular flexibility index (Phi) is 4.76. The molecule has 0 aliphatic heterocycles. The van der Waals surface area contributed by atoms with Crippen LogP contribution in [0.2, 0.25) is 0 Å². The second-order valence-electron chi connectivity index (χ2n) is 5.97. The Labute approximate surface area is 111 Å². The van der Waals surface area contributed by atoms with E-state index in [0.29, 0.717) is 12.1 Å². The van der Waals surface area contributed by atoms with Gasteiger partial charge in [-0.2, -0.15) is 0 Å². The molecule has 2 rings (SSSR count). The molecule has 100 valence electrons. The number of nitrogens with zero attached hydrogens (tertiary/aromatic N) is 1. The van der Waals surface area contributed by atoms with Crippen molar-refractivity contribution in [2.24, 2.45) is 11.8 Å². The molecule has 1 aliphatic carbocycles. The molecule has 0 aromatic carbocycles. The molecule has 2 nitrogen and oxygen atoms in total. The average molecular weight is 246 g/mol. The Bertz CT molecular complexity index is 347. The molecule has 0 spiro atoms. The molecular formula is C16H26N2. The fraction of sp³-hybridized carbons (Fsp3) is 0.688. The van der Waals surface area contributed by atoms with E-state index in [1.807, 2.05) is 12.4 Å². The normalized spacial score (nSPS) is 26.2. The fourth-order valence-electron chi connectivity index (χ4n) is 3.23. The van der Waals surface area contributed by atoms with E-state index in [0.717, 1.165) is 11.8 Å². The second-order valence-corrected chi connectivity index (χ2v) is 5.97. The molecule has 3 unspecified atom stereocenters. The van der Waals surface area contributed by atoms with Gasteiger partial charge in [-0.05, 0) is 49.3 Å². The topological polar surface area (TPSA) is 24.9 Å². The van der Waals surface area contributed by atoms with Gasteiger partial charge in [0.25, 0.3) is 0 Å². The van der Waals surface area contributed by atoms with Crippen molar-refractivity contribution in [3.63, 3.8) is 0 Å². The van der Waals surface area contributed by atoms with Gasteiger partial charge in [-0.25, -0.2) is 0 Å². The van der Waals surface area contributed by atoms with Crippen molar-refractivity contribution in [3.05, 3.63) is 30.1 Å². The minimum atomic E-state index is 0.428. The van der Waals surface area contributed by atoms with Crippen molar-refractivity contribution in [2.45, 2.75) is 58.5 Å². The van der Waals surface area contributed by atoms with Crippen LogP contribution in [0.4, 0.5) is 0 Å². The number of rotatable bonds is 4. The second kappa shape index (κ2) is 6.33. The summed E-state index contributed by atoms with van der Waals surface area (Å²) in [4.78, 5) is 4.09. The number of nitrogens with one attached hydrogen (secondary N) is 1. The van der Waals surface area contributed by atoms with Gasteiger partial charge in [0.15, 0.2) is 0 Å². The van der Waals surface area contributed by atoms with Crippen LogP contribution in [0.3, 0.4) is 0 Å². The van der Waals surface area contributed by atoms with E-state index in [4.69, 9.17) is 0 Å². The van der Waals surface area contributed by atoms with Crippen molar-refractivity contribution in [2.75, 3.05) is 0 Å². The lowest BCUT2D eigenvalue weighted by molar-refractivity contribution is 0.195. The van der Waals surface area contributed by atoms with Crippen LogP contribution in [0.15, 0.2) is 24.5 Å². The third kappa shape index (κ3) is 3.32. The summed E-state index contributed by atoms with van der Waals surface area (Å²) in [6.45, 7) is 6.99. The highest BCUT2D eigenvalue weighted by Gasteiger charge is 2.28. The van der Waals surface area contributed by atoms with E-state index in [-0.39, 0.29) is 0 Å². The lowest BCUT2D eigenvalue weighted by atomic mass is 9.77. The van der Waals surface area contributed by atoms with Gasteiger partial charge in [0.1, 0.15) is 0 Å². The first kappa shape index (κ1) is 13.5. The zero-order chi connectivity index (χ0) is 13.0. The van der Waals surface area contributed by atoms with Crippen LogP contribution in [0.25, 0.3) is 0 Å². The summed E-state index contributed by atoms with van der Waals surface area (Å²) in [6, 6.07) is 5.34. The number of pyridine rings is 1. The van der Waals surface area contributed by atoms with Crippen LogP contribution < -0.4 is 5.32 Å². The minimum absolute atomic E-state index is 0.428. The van der Waals surface area contributed by atoms with Gasteiger partial charge in [-0.3, -0.25) is 4.98 Å². The first-order chi connectivity index (χ1) is 8.68. The summed E-state index contributed by atoms with van der Waals surface area (Å²) in [6.07, 6.45) is 9.27. The van der Waals surface area contributed by atoms with Crippen molar-refractivity contribution >= 4 is 0 Å². The van der Waals surface area contributed by atoms with Crippen molar-refractivity contribution in [3.8, 4) is 0 Å². The Morgan fingerprint density at radius 2 is 1.78 bits per heavy atom. The zero-order valence-corrected chi connectivity index (χ0v) is 11.9. The molecule has 3 atom stereocenters. The highest BCUT2D eigenvalue weighted by Crippen LogP contribution is 2.31. The lowest BCUT2D eigenvalue weighted by Crippen LogP contribution is -2.42. The van der Waals surface area contributed by atoms with Crippen LogP contribution in [-0.4, -0.2) is 11.0 Å². The van der Waals surface area contributed by atoms with E-state index in [1.54, 1.807) is 0 Å². The van der Waals surface area contributed by atoms with Gasteiger partial charge in [-0.1, -0.05) is 26.7 Å². The fourth-order valence-corrected chi connectivity index (χ4v) is 3.23. The largest absolute Gasteiger partial charge is 0.307 e. The first-order valence-corrected chi connectivity index (χ1v) is 7.34. The zero-order valence-electron chi connectivity index (χ0n) is 11.9. The molecule has 1 aromatic rings. The van der Waals surface area contributed by atoms with E-state index in [9.17, 15) is 0 Å². The summed E-state index contributed by atoms with van der Waals surface area (Å²) in [5.41, 5.74) is 1.35. The summed E-state index contributed by atoms with van der Waals surface area (Å²) >= 11 is 0. The summed E-state index contributed by atoms with van der Waals surface area (Å²) in [5.74, 6) is 1.62. The molecule has 1 aliphatic rings. The monoisotopic (exact) mass is 246 g/mol. The SMILES string of the molecule is CC(NC1CCCCC1C(C)C)c1ccncc1. The Morgan fingerprint density at radius 3 is 2.44 bits per heavy atom. The predicted molar refractivity (Wildman–Crippen MR) is 76.4 cm³/mol. The standard InChI is InChI=1S/C16H26N2/c1-12(2)15-6-4-5-7-16(15)18-13(3)14-8-10-17-11-9-14/h8-13,15-16,18H,4-7H2,1-3H3. The van der Waals surface area contributed by atoms with Crippen LogP contribution in [-0.2, 0) is 0 Å². The third-order valence-corrected chi connectivity index (χ3v) is 4.35. The smallest absolute Gasteiger partial charge is 0.0295 e. The minimum Gasteiger partial charge on any atom is -0.307 e. The molecule has 1 heterocycles. The third-order valence-electron chi connectivity index (χ3n) is 4.35. The van der Waals surface area contributed by atoms with Crippen molar-refractivity contribution in [1.29, 1.82) is 0 Å². The summed E-state index contributed by atoms with van der Waals surface area (Å²) < 4.78 is 0. The molecule has 0 radical (unpaired) electrons. The van der Waals surface area contributed by atoms with E-state index in [1.165, 1.54) is 31.2 Å². The molecule has 1 N–H and O–H groups in total. The van der Waals surface area contributed by atoms with Gasteiger partial charge >= 0.3 is 0 Å². The Morgan fingerprint density at radius 1 is 1.11 bits per heavy atom. The Balaban J connectivity index is 1.99. The predicted octanol–water partition coefficient (Wildman–Crippen LogP) is 3.95. The number of hydrogen-bond donors (Lipinski definition) is 1. The lowest BCUT2D eigenvalue weighted by Gasteiger charge is -2.37. The highest BCUT2D eigenvalue weighted by atomic mass is 15.0. The van der Waals surface area contributed by atoms with Gasteiger partial charge in [0.2, 0.25) is 0 Å². The van der Waals surface area contributed by atoms with Crippen LogP contribution in [0, 0.1) is 11.8 Å². The molecule has 1 fully saturated rings.